The molecule has 0 N–H and O–H groups in total. The van der Waals surface area contributed by atoms with E-state index in [1.165, 1.54) is 34.7 Å². The highest BCUT2D eigenvalue weighted by Gasteiger charge is 2.44. The Kier molecular flexibility index (Phi) is 4.42. The summed E-state index contributed by atoms with van der Waals surface area (Å²) in [5.74, 6) is 2.56. The van der Waals surface area contributed by atoms with Crippen LogP contribution in [0.5, 0.6) is 0 Å². The highest BCUT2D eigenvalue weighted by atomic mass is 31.2. The molecule has 1 aliphatic heterocycles. The van der Waals surface area contributed by atoms with Crippen LogP contribution in [-0.4, -0.2) is 18.0 Å². The quantitative estimate of drug-likeness (QED) is 0.496. The Morgan fingerprint density at radius 3 is 1.36 bits per heavy atom. The molecule has 124 valence electrons. The molecule has 1 saturated heterocycles. The van der Waals surface area contributed by atoms with Crippen LogP contribution in [0, 0.1) is 0 Å². The van der Waals surface area contributed by atoms with Crippen LogP contribution in [0.1, 0.15) is 6.92 Å². The first-order chi connectivity index (χ1) is 12.3. The molecule has 1 fully saturated rings. The lowest BCUT2D eigenvalue weighted by atomic mass is 10.4. The van der Waals surface area contributed by atoms with Crippen molar-refractivity contribution in [3.05, 3.63) is 103 Å². The fourth-order valence-corrected chi connectivity index (χ4v) is 7.42. The second-order valence-electron chi connectivity index (χ2n) is 6.49. The average molecular weight is 344 g/mol. The smallest absolute Gasteiger partial charge is 0.138 e. The van der Waals surface area contributed by atoms with Gasteiger partial charge in [-0.1, -0.05) is 54.6 Å². The summed E-state index contributed by atoms with van der Waals surface area (Å²) in [4.78, 5) is 2.45. The van der Waals surface area contributed by atoms with E-state index in [0.29, 0.717) is 0 Å². The van der Waals surface area contributed by atoms with Gasteiger partial charge in [0.05, 0.1) is 5.82 Å². The van der Waals surface area contributed by atoms with Crippen LogP contribution < -0.4 is 15.9 Å². The Morgan fingerprint density at radius 2 is 1.04 bits per heavy atom. The van der Waals surface area contributed by atoms with Crippen molar-refractivity contribution in [1.82, 2.24) is 4.90 Å². The lowest BCUT2D eigenvalue weighted by Crippen LogP contribution is -2.30. The van der Waals surface area contributed by atoms with Gasteiger partial charge in [-0.3, -0.25) is 0 Å². The second kappa shape index (κ2) is 6.86. The predicted octanol–water partition coefficient (Wildman–Crippen LogP) is 4.16. The van der Waals surface area contributed by atoms with Gasteiger partial charge in [-0.05, 0) is 43.3 Å². The molecule has 2 heteroatoms. The molecule has 0 unspecified atom stereocenters. The van der Waals surface area contributed by atoms with Crippen LogP contribution in [0.3, 0.4) is 0 Å². The van der Waals surface area contributed by atoms with Crippen molar-refractivity contribution in [3.8, 4) is 0 Å². The maximum absolute atomic E-state index is 2.56. The molecule has 0 amide bonds. The van der Waals surface area contributed by atoms with Crippen molar-refractivity contribution in [1.29, 1.82) is 0 Å². The molecular formula is C23H23NP+. The topological polar surface area (TPSA) is 3.01 Å². The van der Waals surface area contributed by atoms with Crippen LogP contribution in [0.25, 0.3) is 0 Å². The molecule has 0 aliphatic carbocycles. The first kappa shape index (κ1) is 16.1. The first-order valence-corrected chi connectivity index (χ1v) is 10.7. The Hall–Kier alpha value is -2.37. The summed E-state index contributed by atoms with van der Waals surface area (Å²) in [6, 6.07) is 33.0. The van der Waals surface area contributed by atoms with Gasteiger partial charge in [0.25, 0.3) is 0 Å². The standard InChI is InChI=1S/C23H23NP/c1-20(24-17-18-24)19-25(21-11-5-2-6-12-21,22-13-7-3-8-14-22)23-15-9-4-10-16-23/h2-16,19H,17-18H2,1H3/q+1/b20-19+. The summed E-state index contributed by atoms with van der Waals surface area (Å²) in [5, 5.41) is 4.23. The summed E-state index contributed by atoms with van der Waals surface area (Å²) in [5.41, 5.74) is 1.39. The lowest BCUT2D eigenvalue weighted by Gasteiger charge is -2.25. The summed E-state index contributed by atoms with van der Waals surface area (Å²) >= 11 is 0. The summed E-state index contributed by atoms with van der Waals surface area (Å²) in [6.07, 6.45) is 0. The zero-order valence-electron chi connectivity index (χ0n) is 14.5. The number of hydrogen-bond donors (Lipinski definition) is 0. The molecule has 0 atom stereocenters. The van der Waals surface area contributed by atoms with Gasteiger partial charge < -0.3 is 4.90 Å². The van der Waals surface area contributed by atoms with Crippen molar-refractivity contribution in [2.75, 3.05) is 13.1 Å². The van der Waals surface area contributed by atoms with Crippen LogP contribution in [-0.2, 0) is 0 Å². The van der Waals surface area contributed by atoms with Gasteiger partial charge in [-0.2, -0.15) is 0 Å². The van der Waals surface area contributed by atoms with Crippen molar-refractivity contribution < 1.29 is 0 Å². The summed E-state index contributed by atoms with van der Waals surface area (Å²) < 4.78 is 0. The van der Waals surface area contributed by atoms with Gasteiger partial charge in [0.15, 0.2) is 0 Å². The zero-order valence-corrected chi connectivity index (χ0v) is 15.4. The maximum atomic E-state index is 2.56. The highest BCUT2D eigenvalue weighted by Crippen LogP contribution is 2.57. The average Bonchev–Trinajstić information content (AvgIpc) is 3.53. The van der Waals surface area contributed by atoms with Gasteiger partial charge >= 0.3 is 0 Å². The minimum atomic E-state index is -1.83. The number of allylic oxidation sites excluding steroid dienone is 1. The van der Waals surface area contributed by atoms with Crippen molar-refractivity contribution >= 4 is 23.2 Å². The Balaban J connectivity index is 2.02. The van der Waals surface area contributed by atoms with E-state index in [4.69, 9.17) is 0 Å². The Bertz CT molecular complexity index is 756. The zero-order chi connectivity index (χ0) is 17.1. The van der Waals surface area contributed by atoms with E-state index < -0.39 is 7.26 Å². The maximum Gasteiger partial charge on any atom is 0.138 e. The highest BCUT2D eigenvalue weighted by molar-refractivity contribution is 7.98. The molecule has 1 heterocycles. The monoisotopic (exact) mass is 344 g/mol. The SMILES string of the molecule is C/C(=C\[P+](c1ccccc1)(c1ccccc1)c1ccccc1)N1CC1. The molecule has 4 rings (SSSR count). The van der Waals surface area contributed by atoms with Crippen LogP contribution in [0.2, 0.25) is 0 Å². The van der Waals surface area contributed by atoms with Crippen molar-refractivity contribution in [2.45, 2.75) is 6.92 Å². The van der Waals surface area contributed by atoms with Gasteiger partial charge in [0.1, 0.15) is 23.2 Å². The normalized spacial score (nSPS) is 14.4. The number of rotatable bonds is 5. The van der Waals surface area contributed by atoms with E-state index in [1.807, 2.05) is 0 Å². The first-order valence-electron chi connectivity index (χ1n) is 8.81. The van der Waals surface area contributed by atoms with E-state index in [-0.39, 0.29) is 0 Å². The summed E-state index contributed by atoms with van der Waals surface area (Å²) in [7, 11) is -1.83. The Morgan fingerprint density at radius 1 is 0.680 bits per heavy atom. The largest absolute Gasteiger partial charge is 0.369 e. The third kappa shape index (κ3) is 3.13. The van der Waals surface area contributed by atoms with Crippen LogP contribution in [0.4, 0.5) is 0 Å². The molecule has 1 aliphatic rings. The molecule has 0 saturated carbocycles. The third-order valence-corrected chi connectivity index (χ3v) is 8.92. The lowest BCUT2D eigenvalue weighted by molar-refractivity contribution is 0.701. The van der Waals surface area contributed by atoms with E-state index in [9.17, 15) is 0 Å². The molecular weight excluding hydrogens is 321 g/mol. The van der Waals surface area contributed by atoms with Gasteiger partial charge in [0, 0.05) is 18.8 Å². The number of benzene rings is 3. The van der Waals surface area contributed by atoms with Crippen LogP contribution in [0.15, 0.2) is 103 Å². The minimum absolute atomic E-state index is 1.18. The second-order valence-corrected chi connectivity index (χ2v) is 9.74. The minimum Gasteiger partial charge on any atom is -0.369 e. The van der Waals surface area contributed by atoms with Crippen LogP contribution >= 0.6 is 7.26 Å². The van der Waals surface area contributed by atoms with E-state index in [0.717, 1.165) is 0 Å². The Labute approximate surface area is 151 Å². The van der Waals surface area contributed by atoms with Crippen molar-refractivity contribution in [2.24, 2.45) is 0 Å². The molecule has 0 spiro atoms. The molecule has 25 heavy (non-hydrogen) atoms. The van der Waals surface area contributed by atoms with E-state index >= 15 is 0 Å². The fraction of sp³-hybridized carbons (Fsp3) is 0.130. The molecule has 3 aromatic rings. The van der Waals surface area contributed by atoms with E-state index in [1.54, 1.807) is 0 Å². The van der Waals surface area contributed by atoms with Gasteiger partial charge in [-0.25, -0.2) is 0 Å². The number of hydrogen-bond acceptors (Lipinski definition) is 1. The fourth-order valence-electron chi connectivity index (χ4n) is 3.42. The molecule has 0 radical (unpaired) electrons. The van der Waals surface area contributed by atoms with Crippen molar-refractivity contribution in [3.63, 3.8) is 0 Å². The molecule has 1 nitrogen and oxygen atoms in total. The van der Waals surface area contributed by atoms with E-state index in [2.05, 4.69) is 109 Å². The number of nitrogens with zero attached hydrogens (tertiary/aromatic N) is 1. The molecule has 3 aromatic carbocycles. The molecule has 0 bridgehead atoms. The predicted molar refractivity (Wildman–Crippen MR) is 110 cm³/mol. The van der Waals surface area contributed by atoms with Gasteiger partial charge in [-0.15, -0.1) is 0 Å². The molecule has 0 aromatic heterocycles. The third-order valence-electron chi connectivity index (χ3n) is 4.82. The summed E-state index contributed by atoms with van der Waals surface area (Å²) in [6.45, 7) is 4.62. The van der Waals surface area contributed by atoms with Gasteiger partial charge in [0.2, 0.25) is 0 Å².